The van der Waals surface area contributed by atoms with E-state index in [1.165, 1.54) is 16.7 Å². The van der Waals surface area contributed by atoms with Crippen LogP contribution in [0, 0.1) is 56.7 Å². The van der Waals surface area contributed by atoms with Gasteiger partial charge in [0, 0.05) is 29.6 Å². The van der Waals surface area contributed by atoms with Gasteiger partial charge in [0.15, 0.2) is 17.4 Å². The second-order valence-corrected chi connectivity index (χ2v) is 26.8. The van der Waals surface area contributed by atoms with E-state index < -0.39 is 28.6 Å². The summed E-state index contributed by atoms with van der Waals surface area (Å²) >= 11 is 0. The van der Waals surface area contributed by atoms with Crippen LogP contribution in [-0.2, 0) is 28.7 Å². The maximum Gasteiger partial charge on any atom is 0.307 e. The number of hydrogen-bond acceptors (Lipinski definition) is 10. The Morgan fingerprint density at radius 2 is 1.01 bits per heavy atom. The van der Waals surface area contributed by atoms with E-state index in [-0.39, 0.29) is 85.9 Å². The normalized spacial score (nSPS) is 34.6. The van der Waals surface area contributed by atoms with E-state index in [0.717, 1.165) is 17.6 Å². The molecule has 2 saturated heterocycles. The highest BCUT2D eigenvalue weighted by Gasteiger charge is 2.60. The van der Waals surface area contributed by atoms with Gasteiger partial charge in [-0.2, -0.15) is 0 Å². The molecule has 2 fully saturated rings. The van der Waals surface area contributed by atoms with Gasteiger partial charge in [-0.15, -0.1) is 0 Å². The van der Waals surface area contributed by atoms with E-state index in [2.05, 4.69) is 82.2 Å². The summed E-state index contributed by atoms with van der Waals surface area (Å²) in [7, 11) is 0. The lowest BCUT2D eigenvalue weighted by atomic mass is 9.69. The summed E-state index contributed by atoms with van der Waals surface area (Å²) in [5.74, 6) is -1.72. The molecule has 69 heavy (non-hydrogen) atoms. The van der Waals surface area contributed by atoms with Crippen LogP contribution in [0.25, 0.3) is 0 Å². The highest BCUT2D eigenvalue weighted by atomic mass is 16.6. The Hall–Kier alpha value is -3.22. The van der Waals surface area contributed by atoms with Gasteiger partial charge in [-0.3, -0.25) is 19.2 Å². The first-order chi connectivity index (χ1) is 30.5. The SMILES string of the molecule is CC1=CC(=O)C(CC(=O)O)C1(C)C.CC1=CC(=O)C(CC(C)(C)O)C1(C)C.CC1=CC(C)(O)C(CC(C)(C)O)C1(C)C.CC1=CC2(O)OC(C)(C)CC2C1(C)C.CC1=C[C@]2(C)OC(=O)CC2C1(C)C. The molecule has 2 heterocycles. The lowest BCUT2D eigenvalue weighted by Gasteiger charge is -2.39. The first kappa shape index (κ1) is 60.1. The average Bonchev–Trinajstić information content (AvgIpc) is 3.83. The van der Waals surface area contributed by atoms with Gasteiger partial charge < -0.3 is 35.0 Å². The molecule has 11 heteroatoms. The second-order valence-electron chi connectivity index (χ2n) is 26.8. The minimum absolute atomic E-state index is 0.0382. The summed E-state index contributed by atoms with van der Waals surface area (Å²) in [6, 6.07) is 0. The van der Waals surface area contributed by atoms with Gasteiger partial charge in [-0.25, -0.2) is 0 Å². The van der Waals surface area contributed by atoms with Crippen LogP contribution >= 0.6 is 0 Å². The van der Waals surface area contributed by atoms with Gasteiger partial charge in [-0.05, 0) is 161 Å². The van der Waals surface area contributed by atoms with Crippen molar-refractivity contribution in [3.63, 3.8) is 0 Å². The van der Waals surface area contributed by atoms with Gasteiger partial charge in [0.05, 0.1) is 35.2 Å². The Morgan fingerprint density at radius 1 is 0.594 bits per heavy atom. The number of hydrogen-bond donors (Lipinski definition) is 5. The number of esters is 1. The number of carbonyl (C=O) groups excluding carboxylic acids is 3. The Balaban J connectivity index is 0.000000228. The minimum atomic E-state index is -1.02. The monoisotopic (exact) mass is 967 g/mol. The highest BCUT2D eigenvalue weighted by molar-refractivity contribution is 5.98. The van der Waals surface area contributed by atoms with E-state index in [9.17, 15) is 39.6 Å². The molecule has 7 aliphatic rings. The molecule has 0 aromatic carbocycles. The fourth-order valence-electron chi connectivity index (χ4n) is 11.9. The molecular formula is C58H94O11. The van der Waals surface area contributed by atoms with Crippen molar-refractivity contribution in [2.45, 2.75) is 225 Å². The van der Waals surface area contributed by atoms with Crippen molar-refractivity contribution < 1.29 is 54.2 Å². The molecule has 7 rings (SSSR count). The lowest BCUT2D eigenvalue weighted by Crippen LogP contribution is -2.41. The number of allylic oxidation sites excluding steroid dienone is 7. The number of ketones is 2. The first-order valence-corrected chi connectivity index (χ1v) is 25.1. The van der Waals surface area contributed by atoms with Gasteiger partial charge >= 0.3 is 11.9 Å². The number of aliphatic hydroxyl groups is 4. The Labute approximate surface area is 416 Å². The Morgan fingerprint density at radius 3 is 1.38 bits per heavy atom. The van der Waals surface area contributed by atoms with Crippen LogP contribution in [0.1, 0.15) is 191 Å². The number of aliphatic carboxylic acids is 1. The second kappa shape index (κ2) is 19.3. The molecule has 11 nitrogen and oxygen atoms in total. The van der Waals surface area contributed by atoms with Crippen LogP contribution < -0.4 is 0 Å². The number of fused-ring (bicyclic) bond motifs is 2. The Kier molecular flexibility index (Phi) is 16.8. The number of carbonyl (C=O) groups is 4. The van der Waals surface area contributed by atoms with Crippen LogP contribution in [0.15, 0.2) is 58.2 Å². The summed E-state index contributed by atoms with van der Waals surface area (Å²) in [6.07, 6.45) is 11.8. The molecule has 0 aromatic heterocycles. The number of carboxylic acid groups (broad SMARTS) is 1. The number of carboxylic acids is 1. The predicted octanol–water partition coefficient (Wildman–Crippen LogP) is 11.2. The zero-order valence-electron chi connectivity index (χ0n) is 47.0. The predicted molar refractivity (Wildman–Crippen MR) is 274 cm³/mol. The zero-order chi connectivity index (χ0) is 54.1. The molecule has 0 spiro atoms. The molecule has 0 bridgehead atoms. The summed E-state index contributed by atoms with van der Waals surface area (Å²) in [5.41, 5.74) is 2.79. The third-order valence-corrected chi connectivity index (χ3v) is 17.8. The van der Waals surface area contributed by atoms with E-state index in [4.69, 9.17) is 14.6 Å². The summed E-state index contributed by atoms with van der Waals surface area (Å²) in [6.45, 7) is 46.2. The summed E-state index contributed by atoms with van der Waals surface area (Å²) < 4.78 is 11.1. The third kappa shape index (κ3) is 13.1. The van der Waals surface area contributed by atoms with Crippen molar-refractivity contribution in [2.75, 3.05) is 0 Å². The molecule has 8 atom stereocenters. The lowest BCUT2D eigenvalue weighted by molar-refractivity contribution is -0.199. The van der Waals surface area contributed by atoms with Gasteiger partial charge in [-0.1, -0.05) is 103 Å². The molecule has 0 radical (unpaired) electrons. The van der Waals surface area contributed by atoms with Crippen molar-refractivity contribution in [3.8, 4) is 0 Å². The molecule has 5 N–H and O–H groups in total. The Bertz CT molecular complexity index is 2150. The standard InChI is InChI=1S/C13H24O2.2C12H20O2.C11H16O2.C10H14O3/c1-9-7-13(6,15)10(12(9,4)5)8-11(2,3)14;1-8-6-12(13)9(11(8,4)5)7-10(2,3)14-12;1-8-6-10(13)9(12(8,4)5)7-11(2,3)14;1-7-6-11(4)8(10(7,2)3)5-9(12)13-11;1-6-4-8(11)7(5-9(12)13)10(6,2)3/h7,10,14-15H,8H2,1-6H3;6,9,13H,7H2,1-5H3;6,9,14H,7H2,1-5H3;6,8H,5H2,1-4H3;4,7H,5H2,1-3H3,(H,12,13)/t;;;8?,11-;/m...0./s1. The van der Waals surface area contributed by atoms with Crippen molar-refractivity contribution in [1.29, 1.82) is 0 Å². The molecule has 0 aromatic rings. The average molecular weight is 967 g/mol. The highest BCUT2D eigenvalue weighted by Crippen LogP contribution is 2.58. The molecule has 7 unspecified atom stereocenters. The van der Waals surface area contributed by atoms with Gasteiger partial charge in [0.25, 0.3) is 0 Å². The van der Waals surface area contributed by atoms with Crippen LogP contribution in [0.3, 0.4) is 0 Å². The van der Waals surface area contributed by atoms with Gasteiger partial charge in [0.1, 0.15) is 5.60 Å². The smallest absolute Gasteiger partial charge is 0.307 e. The quantitative estimate of drug-likeness (QED) is 0.126. The van der Waals surface area contributed by atoms with E-state index >= 15 is 0 Å². The van der Waals surface area contributed by atoms with Crippen molar-refractivity contribution in [3.05, 3.63) is 58.2 Å². The molecular weight excluding hydrogens is 873 g/mol. The van der Waals surface area contributed by atoms with Crippen LogP contribution in [0.5, 0.6) is 0 Å². The maximum absolute atomic E-state index is 11.7. The fraction of sp³-hybridized carbons (Fsp3) is 0.759. The summed E-state index contributed by atoms with van der Waals surface area (Å²) in [4.78, 5) is 44.8. The fourth-order valence-corrected chi connectivity index (χ4v) is 11.9. The first-order valence-electron chi connectivity index (χ1n) is 25.1. The van der Waals surface area contributed by atoms with Crippen molar-refractivity contribution in [1.82, 2.24) is 0 Å². The van der Waals surface area contributed by atoms with Crippen LogP contribution in [0.4, 0.5) is 0 Å². The number of ether oxygens (including phenoxy) is 2. The van der Waals surface area contributed by atoms with Crippen molar-refractivity contribution >= 4 is 23.5 Å². The minimum Gasteiger partial charge on any atom is -0.481 e. The topological polar surface area (TPSA) is 188 Å². The zero-order valence-corrected chi connectivity index (χ0v) is 47.0. The van der Waals surface area contributed by atoms with Crippen LogP contribution in [0.2, 0.25) is 0 Å². The van der Waals surface area contributed by atoms with Crippen LogP contribution in [-0.4, -0.2) is 82.8 Å². The van der Waals surface area contributed by atoms with E-state index in [1.807, 2.05) is 67.5 Å². The largest absolute Gasteiger partial charge is 0.481 e. The number of rotatable bonds is 6. The molecule has 392 valence electrons. The third-order valence-electron chi connectivity index (χ3n) is 17.8. The molecule has 2 aliphatic heterocycles. The van der Waals surface area contributed by atoms with Gasteiger partial charge in [0.2, 0.25) is 0 Å². The molecule has 0 amide bonds. The maximum atomic E-state index is 11.7. The summed E-state index contributed by atoms with van der Waals surface area (Å²) in [5, 5.41) is 49.0. The molecule has 5 aliphatic carbocycles. The van der Waals surface area contributed by atoms with E-state index in [0.29, 0.717) is 25.2 Å². The van der Waals surface area contributed by atoms with E-state index in [1.54, 1.807) is 39.8 Å². The molecule has 0 saturated carbocycles. The van der Waals surface area contributed by atoms with Crippen molar-refractivity contribution in [2.24, 2.45) is 56.7 Å².